The van der Waals surface area contributed by atoms with E-state index in [1.165, 1.54) is 23.5 Å². The van der Waals surface area contributed by atoms with Gasteiger partial charge in [-0.1, -0.05) is 6.07 Å². The van der Waals surface area contributed by atoms with Crippen LogP contribution in [0.3, 0.4) is 0 Å². The van der Waals surface area contributed by atoms with Crippen molar-refractivity contribution in [1.29, 1.82) is 0 Å². The van der Waals surface area contributed by atoms with E-state index in [-0.39, 0.29) is 6.03 Å². The number of pyridine rings is 1. The number of amides is 2. The van der Waals surface area contributed by atoms with Crippen molar-refractivity contribution in [2.75, 3.05) is 31.1 Å². The Balaban J connectivity index is 1.51. The van der Waals surface area contributed by atoms with E-state index >= 15 is 0 Å². The number of carbonyl (C=O) groups is 1. The van der Waals surface area contributed by atoms with Gasteiger partial charge in [0.1, 0.15) is 5.82 Å². The summed E-state index contributed by atoms with van der Waals surface area (Å²) in [6.45, 7) is 4.20. The molecule has 162 valence electrons. The number of benzene rings is 1. The van der Waals surface area contributed by atoms with Gasteiger partial charge in [0.2, 0.25) is 0 Å². The van der Waals surface area contributed by atoms with Gasteiger partial charge >= 0.3 is 12.2 Å². The highest BCUT2D eigenvalue weighted by atomic mass is 32.1. The van der Waals surface area contributed by atoms with Crippen LogP contribution in [-0.4, -0.2) is 46.7 Å². The SMILES string of the molecule is Cc1cn(-c2ccc(C(F)(F)F)cc2)c(=NC(=O)N2CCN(c3ccccn3)CC2)s1. The average Bonchev–Trinajstić information content (AvgIpc) is 3.14. The number of alkyl halides is 3. The lowest BCUT2D eigenvalue weighted by Gasteiger charge is -2.34. The number of hydrogen-bond donors (Lipinski definition) is 0. The third kappa shape index (κ3) is 4.79. The molecule has 2 aromatic heterocycles. The van der Waals surface area contributed by atoms with Gasteiger partial charge in [-0.15, -0.1) is 11.3 Å². The first-order valence-electron chi connectivity index (χ1n) is 9.67. The van der Waals surface area contributed by atoms with E-state index < -0.39 is 11.7 Å². The number of piperazine rings is 1. The fourth-order valence-corrected chi connectivity index (χ4v) is 4.18. The molecule has 0 spiro atoms. The predicted molar refractivity (Wildman–Crippen MR) is 112 cm³/mol. The van der Waals surface area contributed by atoms with Gasteiger partial charge in [-0.3, -0.25) is 4.57 Å². The molecule has 0 radical (unpaired) electrons. The minimum atomic E-state index is -4.39. The quantitative estimate of drug-likeness (QED) is 0.594. The molecule has 6 nitrogen and oxygen atoms in total. The van der Waals surface area contributed by atoms with E-state index in [2.05, 4.69) is 14.9 Å². The molecule has 2 amide bonds. The first-order valence-corrected chi connectivity index (χ1v) is 10.5. The predicted octanol–water partition coefficient (Wildman–Crippen LogP) is 4.10. The van der Waals surface area contributed by atoms with Crippen molar-refractivity contribution in [3.05, 3.63) is 70.1 Å². The number of nitrogens with zero attached hydrogens (tertiary/aromatic N) is 5. The highest BCUT2D eigenvalue weighted by molar-refractivity contribution is 7.09. The van der Waals surface area contributed by atoms with Gasteiger partial charge in [-0.05, 0) is 43.3 Å². The van der Waals surface area contributed by atoms with Crippen LogP contribution in [0.5, 0.6) is 0 Å². The van der Waals surface area contributed by atoms with Crippen molar-refractivity contribution in [2.24, 2.45) is 4.99 Å². The van der Waals surface area contributed by atoms with Crippen molar-refractivity contribution >= 4 is 23.2 Å². The number of aryl methyl sites for hydroxylation is 1. The Kier molecular flexibility index (Phi) is 5.81. The second kappa shape index (κ2) is 8.54. The number of urea groups is 1. The van der Waals surface area contributed by atoms with Crippen molar-refractivity contribution in [1.82, 2.24) is 14.5 Å². The summed E-state index contributed by atoms with van der Waals surface area (Å²) in [5.74, 6) is 0.876. The Hall–Kier alpha value is -3.14. The molecule has 1 fully saturated rings. The minimum Gasteiger partial charge on any atom is -0.353 e. The topological polar surface area (TPSA) is 53.7 Å². The first-order chi connectivity index (χ1) is 14.8. The molecule has 0 bridgehead atoms. The van der Waals surface area contributed by atoms with E-state index in [0.29, 0.717) is 36.7 Å². The van der Waals surface area contributed by atoms with E-state index in [1.807, 2.05) is 25.1 Å². The normalized spacial score (nSPS) is 15.4. The summed E-state index contributed by atoms with van der Waals surface area (Å²) < 4.78 is 40.2. The van der Waals surface area contributed by atoms with Gasteiger partial charge in [0, 0.05) is 49.1 Å². The van der Waals surface area contributed by atoms with Crippen LogP contribution in [0.15, 0.2) is 59.9 Å². The molecular weight excluding hydrogens is 427 g/mol. The number of rotatable bonds is 2. The molecule has 4 rings (SSSR count). The van der Waals surface area contributed by atoms with Gasteiger partial charge in [0.15, 0.2) is 4.80 Å². The van der Waals surface area contributed by atoms with E-state index in [0.717, 1.165) is 22.8 Å². The van der Waals surface area contributed by atoms with Gasteiger partial charge in [0.05, 0.1) is 5.56 Å². The van der Waals surface area contributed by atoms with Crippen LogP contribution in [-0.2, 0) is 6.18 Å². The summed E-state index contributed by atoms with van der Waals surface area (Å²) in [6, 6.07) is 10.2. The number of thiazole rings is 1. The molecule has 3 aromatic rings. The molecule has 1 aliphatic heterocycles. The van der Waals surface area contributed by atoms with Crippen LogP contribution in [0.4, 0.5) is 23.8 Å². The lowest BCUT2D eigenvalue weighted by molar-refractivity contribution is -0.137. The average molecular weight is 447 g/mol. The van der Waals surface area contributed by atoms with Crippen LogP contribution < -0.4 is 9.70 Å². The maximum Gasteiger partial charge on any atom is 0.416 e. The molecule has 3 heterocycles. The van der Waals surface area contributed by atoms with E-state index in [4.69, 9.17) is 0 Å². The van der Waals surface area contributed by atoms with Crippen molar-refractivity contribution < 1.29 is 18.0 Å². The second-order valence-corrected chi connectivity index (χ2v) is 8.31. The second-order valence-electron chi connectivity index (χ2n) is 7.10. The summed E-state index contributed by atoms with van der Waals surface area (Å²) in [4.78, 5) is 26.5. The summed E-state index contributed by atoms with van der Waals surface area (Å²) in [5, 5.41) is 0. The highest BCUT2D eigenvalue weighted by Crippen LogP contribution is 2.29. The standard InChI is InChI=1S/C21H20F3N5OS/c1-15-14-29(17-7-5-16(6-8-17)21(22,23)24)20(31-15)26-19(30)28-12-10-27(11-13-28)18-4-2-3-9-25-18/h2-9,14H,10-13H2,1H3. The van der Waals surface area contributed by atoms with Crippen LogP contribution >= 0.6 is 11.3 Å². The number of aromatic nitrogens is 2. The zero-order chi connectivity index (χ0) is 22.0. The lowest BCUT2D eigenvalue weighted by atomic mass is 10.2. The lowest BCUT2D eigenvalue weighted by Crippen LogP contribution is -2.48. The molecule has 1 aliphatic rings. The summed E-state index contributed by atoms with van der Waals surface area (Å²) in [5.41, 5.74) is -0.201. The molecule has 0 atom stereocenters. The first kappa shape index (κ1) is 21.1. The number of anilines is 1. The number of hydrogen-bond acceptors (Lipinski definition) is 4. The molecule has 1 saturated heterocycles. The Labute approximate surface area is 180 Å². The van der Waals surface area contributed by atoms with E-state index in [9.17, 15) is 18.0 Å². The largest absolute Gasteiger partial charge is 0.416 e. The van der Waals surface area contributed by atoms with Gasteiger partial charge < -0.3 is 9.80 Å². The summed E-state index contributed by atoms with van der Waals surface area (Å²) in [6.07, 6.45) is -0.895. The molecule has 0 N–H and O–H groups in total. The zero-order valence-corrected chi connectivity index (χ0v) is 17.5. The zero-order valence-electron chi connectivity index (χ0n) is 16.7. The molecule has 31 heavy (non-hydrogen) atoms. The van der Waals surface area contributed by atoms with E-state index in [1.54, 1.807) is 21.9 Å². The van der Waals surface area contributed by atoms with Gasteiger partial charge in [0.25, 0.3) is 0 Å². The van der Waals surface area contributed by atoms with Crippen LogP contribution in [0.25, 0.3) is 5.69 Å². The molecular formula is C21H20F3N5OS. The summed E-state index contributed by atoms with van der Waals surface area (Å²) >= 11 is 1.31. The Morgan fingerprint density at radius 3 is 2.39 bits per heavy atom. The third-order valence-corrected chi connectivity index (χ3v) is 5.85. The smallest absolute Gasteiger partial charge is 0.353 e. The Morgan fingerprint density at radius 2 is 1.77 bits per heavy atom. The van der Waals surface area contributed by atoms with Gasteiger partial charge in [-0.2, -0.15) is 18.2 Å². The van der Waals surface area contributed by atoms with Gasteiger partial charge in [-0.25, -0.2) is 9.78 Å². The number of halogens is 3. The fraction of sp³-hybridized carbons (Fsp3) is 0.286. The monoisotopic (exact) mass is 447 g/mol. The maximum atomic E-state index is 12.8. The molecule has 10 heteroatoms. The summed E-state index contributed by atoms with van der Waals surface area (Å²) in [7, 11) is 0. The molecule has 1 aromatic carbocycles. The molecule has 0 aliphatic carbocycles. The van der Waals surface area contributed by atoms with Crippen LogP contribution in [0, 0.1) is 6.92 Å². The fourth-order valence-electron chi connectivity index (χ4n) is 3.35. The highest BCUT2D eigenvalue weighted by Gasteiger charge is 2.30. The molecule has 0 unspecified atom stereocenters. The Morgan fingerprint density at radius 1 is 1.06 bits per heavy atom. The van der Waals surface area contributed by atoms with Crippen molar-refractivity contribution in [3.63, 3.8) is 0 Å². The third-order valence-electron chi connectivity index (χ3n) is 4.96. The van der Waals surface area contributed by atoms with Crippen LogP contribution in [0.1, 0.15) is 10.4 Å². The maximum absolute atomic E-state index is 12.8. The van der Waals surface area contributed by atoms with Crippen LogP contribution in [0.2, 0.25) is 0 Å². The van der Waals surface area contributed by atoms with Crippen molar-refractivity contribution in [2.45, 2.75) is 13.1 Å². The van der Waals surface area contributed by atoms with Crippen molar-refractivity contribution in [3.8, 4) is 5.69 Å². The minimum absolute atomic E-state index is 0.358. The number of carbonyl (C=O) groups excluding carboxylic acids is 1. The Bertz CT molecular complexity index is 1110. The molecule has 0 saturated carbocycles.